The SMILES string of the molecule is COc1cn(-c2ccccc2)nc1-c1nc(COC(C)C)nn1-c1cccc2c1CCCC2. The van der Waals surface area contributed by atoms with Gasteiger partial charge in [0.25, 0.3) is 0 Å². The van der Waals surface area contributed by atoms with Crippen LogP contribution >= 0.6 is 0 Å². The van der Waals surface area contributed by atoms with Gasteiger partial charge in [0, 0.05) is 0 Å². The van der Waals surface area contributed by atoms with Crippen molar-refractivity contribution in [2.24, 2.45) is 0 Å². The van der Waals surface area contributed by atoms with Crippen LogP contribution in [0, 0.1) is 0 Å². The number of rotatable bonds is 7. The van der Waals surface area contributed by atoms with Crippen molar-refractivity contribution in [2.45, 2.75) is 52.2 Å². The quantitative estimate of drug-likeness (QED) is 0.405. The predicted molar refractivity (Wildman–Crippen MR) is 127 cm³/mol. The lowest BCUT2D eigenvalue weighted by Gasteiger charge is -2.19. The van der Waals surface area contributed by atoms with E-state index in [4.69, 9.17) is 24.7 Å². The second kappa shape index (κ2) is 9.19. The van der Waals surface area contributed by atoms with Crippen molar-refractivity contribution in [2.75, 3.05) is 7.11 Å². The molecule has 0 N–H and O–H groups in total. The third-order valence-electron chi connectivity index (χ3n) is 5.93. The maximum Gasteiger partial charge on any atom is 0.187 e. The van der Waals surface area contributed by atoms with E-state index < -0.39 is 0 Å². The summed E-state index contributed by atoms with van der Waals surface area (Å²) in [5.41, 5.74) is 5.39. The molecule has 33 heavy (non-hydrogen) atoms. The van der Waals surface area contributed by atoms with E-state index in [-0.39, 0.29) is 6.10 Å². The molecule has 2 heterocycles. The van der Waals surface area contributed by atoms with Gasteiger partial charge in [-0.3, -0.25) is 0 Å². The monoisotopic (exact) mass is 443 g/mol. The molecule has 0 amide bonds. The number of aromatic nitrogens is 5. The first kappa shape index (κ1) is 21.4. The molecule has 0 spiro atoms. The van der Waals surface area contributed by atoms with Crippen molar-refractivity contribution in [3.8, 4) is 28.6 Å². The largest absolute Gasteiger partial charge is 0.493 e. The van der Waals surface area contributed by atoms with Crippen molar-refractivity contribution in [3.05, 3.63) is 71.7 Å². The van der Waals surface area contributed by atoms with E-state index in [0.717, 1.165) is 24.2 Å². The number of aryl methyl sites for hydroxylation is 1. The summed E-state index contributed by atoms with van der Waals surface area (Å²) in [7, 11) is 1.66. The lowest BCUT2D eigenvalue weighted by Crippen LogP contribution is -2.10. The topological polar surface area (TPSA) is 67.0 Å². The molecule has 7 heteroatoms. The molecule has 1 aliphatic rings. The lowest BCUT2D eigenvalue weighted by atomic mass is 9.90. The molecule has 4 aromatic rings. The lowest BCUT2D eigenvalue weighted by molar-refractivity contribution is 0.0613. The summed E-state index contributed by atoms with van der Waals surface area (Å²) in [6, 6.07) is 16.4. The number of hydrogen-bond donors (Lipinski definition) is 0. The zero-order valence-corrected chi connectivity index (χ0v) is 19.4. The number of nitrogens with zero attached hydrogens (tertiary/aromatic N) is 5. The van der Waals surface area contributed by atoms with Gasteiger partial charge in [0.15, 0.2) is 23.1 Å². The van der Waals surface area contributed by atoms with Crippen LogP contribution < -0.4 is 4.74 Å². The average Bonchev–Trinajstić information content (AvgIpc) is 3.47. The van der Waals surface area contributed by atoms with Gasteiger partial charge in [-0.1, -0.05) is 30.3 Å². The average molecular weight is 444 g/mol. The summed E-state index contributed by atoms with van der Waals surface area (Å²) < 4.78 is 15.3. The van der Waals surface area contributed by atoms with Gasteiger partial charge in [0.2, 0.25) is 0 Å². The van der Waals surface area contributed by atoms with Gasteiger partial charge in [-0.15, -0.1) is 5.10 Å². The van der Waals surface area contributed by atoms with Crippen LogP contribution in [0.25, 0.3) is 22.9 Å². The Morgan fingerprint density at radius 1 is 0.970 bits per heavy atom. The molecule has 2 aromatic heterocycles. The highest BCUT2D eigenvalue weighted by molar-refractivity contribution is 5.63. The predicted octanol–water partition coefficient (Wildman–Crippen LogP) is 4.93. The molecule has 0 atom stereocenters. The number of ether oxygens (including phenoxy) is 2. The van der Waals surface area contributed by atoms with E-state index in [9.17, 15) is 0 Å². The first-order valence-electron chi connectivity index (χ1n) is 11.5. The number of para-hydroxylation sites is 1. The zero-order valence-electron chi connectivity index (χ0n) is 19.4. The van der Waals surface area contributed by atoms with Crippen LogP contribution in [0.2, 0.25) is 0 Å². The van der Waals surface area contributed by atoms with Crippen LogP contribution in [0.1, 0.15) is 43.6 Å². The highest BCUT2D eigenvalue weighted by Gasteiger charge is 2.24. The molecule has 2 aromatic carbocycles. The van der Waals surface area contributed by atoms with E-state index >= 15 is 0 Å². The Balaban J connectivity index is 1.66. The Morgan fingerprint density at radius 3 is 2.58 bits per heavy atom. The number of benzene rings is 2. The third-order valence-corrected chi connectivity index (χ3v) is 5.93. The molecular formula is C26H29N5O2. The molecule has 7 nitrogen and oxygen atoms in total. The Kier molecular flexibility index (Phi) is 5.96. The van der Waals surface area contributed by atoms with Gasteiger partial charge >= 0.3 is 0 Å². The normalized spacial score (nSPS) is 13.3. The zero-order chi connectivity index (χ0) is 22.8. The fourth-order valence-electron chi connectivity index (χ4n) is 4.31. The summed E-state index contributed by atoms with van der Waals surface area (Å²) in [5.74, 6) is 1.93. The first-order chi connectivity index (χ1) is 16.1. The number of fused-ring (bicyclic) bond motifs is 1. The van der Waals surface area contributed by atoms with Crippen LogP contribution in [0.5, 0.6) is 5.75 Å². The molecule has 0 saturated carbocycles. The van der Waals surface area contributed by atoms with Gasteiger partial charge in [-0.05, 0) is 68.9 Å². The van der Waals surface area contributed by atoms with Crippen molar-refractivity contribution in [1.29, 1.82) is 0 Å². The Bertz CT molecular complexity index is 1240. The Hall–Kier alpha value is -3.45. The summed E-state index contributed by atoms with van der Waals surface area (Å²) in [6.07, 6.45) is 6.53. The second-order valence-corrected chi connectivity index (χ2v) is 8.57. The van der Waals surface area contributed by atoms with Crippen LogP contribution in [0.15, 0.2) is 54.7 Å². The second-order valence-electron chi connectivity index (χ2n) is 8.57. The number of methoxy groups -OCH3 is 1. The molecular weight excluding hydrogens is 414 g/mol. The highest BCUT2D eigenvalue weighted by atomic mass is 16.5. The van der Waals surface area contributed by atoms with E-state index in [1.165, 1.54) is 24.0 Å². The van der Waals surface area contributed by atoms with Gasteiger partial charge in [-0.2, -0.15) is 5.10 Å². The number of hydrogen-bond acceptors (Lipinski definition) is 5. The summed E-state index contributed by atoms with van der Waals surface area (Å²) >= 11 is 0. The van der Waals surface area contributed by atoms with Crippen LogP contribution in [-0.4, -0.2) is 37.8 Å². The third kappa shape index (κ3) is 4.28. The smallest absolute Gasteiger partial charge is 0.187 e. The fourth-order valence-corrected chi connectivity index (χ4v) is 4.31. The van der Waals surface area contributed by atoms with E-state index in [1.54, 1.807) is 7.11 Å². The van der Waals surface area contributed by atoms with Gasteiger partial charge in [0.1, 0.15) is 6.61 Å². The van der Waals surface area contributed by atoms with Crippen molar-refractivity contribution < 1.29 is 9.47 Å². The maximum atomic E-state index is 5.82. The van der Waals surface area contributed by atoms with Crippen molar-refractivity contribution >= 4 is 0 Å². The first-order valence-corrected chi connectivity index (χ1v) is 11.5. The Labute approximate surface area is 194 Å². The van der Waals surface area contributed by atoms with Crippen LogP contribution in [-0.2, 0) is 24.2 Å². The highest BCUT2D eigenvalue weighted by Crippen LogP contribution is 2.33. The molecule has 170 valence electrons. The molecule has 0 bridgehead atoms. The minimum Gasteiger partial charge on any atom is -0.493 e. The van der Waals surface area contributed by atoms with Gasteiger partial charge < -0.3 is 9.47 Å². The summed E-state index contributed by atoms with van der Waals surface area (Å²) in [6.45, 7) is 4.36. The molecule has 0 saturated heterocycles. The Morgan fingerprint density at radius 2 is 1.79 bits per heavy atom. The fraction of sp³-hybridized carbons (Fsp3) is 0.346. The molecule has 5 rings (SSSR count). The van der Waals surface area contributed by atoms with E-state index in [2.05, 4.69) is 18.2 Å². The molecule has 0 fully saturated rings. The molecule has 0 unspecified atom stereocenters. The van der Waals surface area contributed by atoms with Crippen molar-refractivity contribution in [1.82, 2.24) is 24.5 Å². The maximum absolute atomic E-state index is 5.82. The van der Waals surface area contributed by atoms with E-state index in [0.29, 0.717) is 29.7 Å². The minimum absolute atomic E-state index is 0.0942. The van der Waals surface area contributed by atoms with Crippen molar-refractivity contribution in [3.63, 3.8) is 0 Å². The van der Waals surface area contributed by atoms with Crippen LogP contribution in [0.4, 0.5) is 0 Å². The minimum atomic E-state index is 0.0942. The van der Waals surface area contributed by atoms with Gasteiger partial charge in [-0.25, -0.2) is 14.3 Å². The molecule has 0 radical (unpaired) electrons. The standard InChI is InChI=1S/C26H29N5O2/c1-18(2)33-17-24-27-26(25-23(32-3)16-30(29-25)20-12-5-4-6-13-20)31(28-24)22-15-9-11-19-10-7-8-14-21(19)22/h4-6,9,11-13,15-16,18H,7-8,10,14,17H2,1-3H3. The van der Waals surface area contributed by atoms with Crippen LogP contribution in [0.3, 0.4) is 0 Å². The molecule has 0 aliphatic heterocycles. The van der Waals surface area contributed by atoms with E-state index in [1.807, 2.05) is 59.7 Å². The summed E-state index contributed by atoms with van der Waals surface area (Å²) in [4.78, 5) is 4.86. The molecule has 1 aliphatic carbocycles. The summed E-state index contributed by atoms with van der Waals surface area (Å²) in [5, 5.41) is 9.73. The van der Waals surface area contributed by atoms with Gasteiger partial charge in [0.05, 0.1) is 30.8 Å².